The molecule has 0 aliphatic rings. The number of hydrogen-bond donors (Lipinski definition) is 2. The van der Waals surface area contributed by atoms with Gasteiger partial charge in [0.1, 0.15) is 5.01 Å². The molecular weight excluding hydrogens is 234 g/mol. The van der Waals surface area contributed by atoms with Gasteiger partial charge in [0.15, 0.2) is 0 Å². The Labute approximate surface area is 107 Å². The van der Waals surface area contributed by atoms with Gasteiger partial charge in [-0.05, 0) is 19.8 Å². The van der Waals surface area contributed by atoms with E-state index in [2.05, 4.69) is 10.3 Å². The maximum absolute atomic E-state index is 12.0. The molecule has 0 aliphatic heterocycles. The van der Waals surface area contributed by atoms with E-state index in [-0.39, 0.29) is 23.8 Å². The molecule has 2 atom stereocenters. The molecule has 4 nitrogen and oxygen atoms in total. The summed E-state index contributed by atoms with van der Waals surface area (Å²) in [5, 5.41) is 3.91. The van der Waals surface area contributed by atoms with Crippen molar-refractivity contribution in [2.24, 2.45) is 17.6 Å². The van der Waals surface area contributed by atoms with Crippen LogP contribution in [0.3, 0.4) is 0 Å². The Morgan fingerprint density at radius 3 is 2.59 bits per heavy atom. The molecule has 1 rings (SSSR count). The minimum absolute atomic E-state index is 0.0165. The van der Waals surface area contributed by atoms with E-state index in [0.717, 1.165) is 9.88 Å². The molecule has 0 fully saturated rings. The quantitative estimate of drug-likeness (QED) is 0.844. The Morgan fingerprint density at radius 1 is 1.53 bits per heavy atom. The third-order valence-electron chi connectivity index (χ3n) is 2.76. The van der Waals surface area contributed by atoms with E-state index in [1.165, 1.54) is 0 Å². The maximum atomic E-state index is 12.0. The van der Waals surface area contributed by atoms with E-state index in [0.29, 0.717) is 6.54 Å². The molecule has 0 saturated carbocycles. The highest BCUT2D eigenvalue weighted by atomic mass is 32.1. The molecule has 1 heterocycles. The van der Waals surface area contributed by atoms with E-state index in [9.17, 15) is 4.79 Å². The average Bonchev–Trinajstić information content (AvgIpc) is 2.65. The SMILES string of the molecule is Cc1cnc(C(C)NC(=O)C(CN)C(C)C)s1. The number of nitrogens with zero attached hydrogens (tertiary/aromatic N) is 1. The molecule has 0 radical (unpaired) electrons. The lowest BCUT2D eigenvalue weighted by molar-refractivity contribution is -0.126. The summed E-state index contributed by atoms with van der Waals surface area (Å²) in [7, 11) is 0. The predicted octanol–water partition coefficient (Wildman–Crippen LogP) is 1.86. The number of nitrogens with two attached hydrogens (primary N) is 1. The molecule has 1 aromatic rings. The topological polar surface area (TPSA) is 68.0 Å². The lowest BCUT2D eigenvalue weighted by Crippen LogP contribution is -2.39. The van der Waals surface area contributed by atoms with Gasteiger partial charge in [-0.2, -0.15) is 0 Å². The number of nitrogens with one attached hydrogen (secondary N) is 1. The summed E-state index contributed by atoms with van der Waals surface area (Å²) in [5.74, 6) is 0.145. The number of rotatable bonds is 5. The second-order valence-corrected chi connectivity index (χ2v) is 5.89. The Hall–Kier alpha value is -0.940. The normalized spacial score (nSPS) is 14.7. The van der Waals surface area contributed by atoms with Crippen molar-refractivity contribution < 1.29 is 4.79 Å². The van der Waals surface area contributed by atoms with Crippen LogP contribution >= 0.6 is 11.3 Å². The highest BCUT2D eigenvalue weighted by Crippen LogP contribution is 2.20. The van der Waals surface area contributed by atoms with Crippen LogP contribution < -0.4 is 11.1 Å². The molecular formula is C12H21N3OS. The van der Waals surface area contributed by atoms with Gasteiger partial charge in [0.2, 0.25) is 5.91 Å². The minimum atomic E-state index is -0.126. The first-order valence-electron chi connectivity index (χ1n) is 5.88. The second kappa shape index (κ2) is 6.12. The van der Waals surface area contributed by atoms with Gasteiger partial charge in [0, 0.05) is 17.6 Å². The van der Waals surface area contributed by atoms with Gasteiger partial charge >= 0.3 is 0 Å². The summed E-state index contributed by atoms with van der Waals surface area (Å²) >= 11 is 1.61. The number of aryl methyl sites for hydroxylation is 1. The van der Waals surface area contributed by atoms with Gasteiger partial charge in [-0.15, -0.1) is 11.3 Å². The fraction of sp³-hybridized carbons (Fsp3) is 0.667. The first-order chi connectivity index (χ1) is 7.95. The molecule has 0 aromatic carbocycles. The van der Waals surface area contributed by atoms with Gasteiger partial charge in [-0.1, -0.05) is 13.8 Å². The second-order valence-electron chi connectivity index (χ2n) is 4.63. The van der Waals surface area contributed by atoms with Gasteiger partial charge in [-0.25, -0.2) is 4.98 Å². The summed E-state index contributed by atoms with van der Waals surface area (Å²) in [6, 6.07) is -0.0472. The third kappa shape index (κ3) is 3.78. The lowest BCUT2D eigenvalue weighted by Gasteiger charge is -2.20. The average molecular weight is 255 g/mol. The Bertz CT molecular complexity index is 376. The largest absolute Gasteiger partial charge is 0.347 e. The summed E-state index contributed by atoms with van der Waals surface area (Å²) in [4.78, 5) is 17.4. The standard InChI is InChI=1S/C12H21N3OS/c1-7(2)10(5-13)11(16)15-9(4)12-14-6-8(3)17-12/h6-7,9-10H,5,13H2,1-4H3,(H,15,16). The van der Waals surface area contributed by atoms with Crippen molar-refractivity contribution in [3.05, 3.63) is 16.1 Å². The van der Waals surface area contributed by atoms with Crippen molar-refractivity contribution in [1.29, 1.82) is 0 Å². The van der Waals surface area contributed by atoms with Crippen molar-refractivity contribution in [2.45, 2.75) is 33.7 Å². The molecule has 17 heavy (non-hydrogen) atoms. The first kappa shape index (κ1) is 14.1. The fourth-order valence-electron chi connectivity index (χ4n) is 1.64. The van der Waals surface area contributed by atoms with E-state index in [1.54, 1.807) is 11.3 Å². The number of carbonyl (C=O) groups is 1. The van der Waals surface area contributed by atoms with Crippen LogP contribution in [-0.4, -0.2) is 17.4 Å². The van der Waals surface area contributed by atoms with Crippen LogP contribution in [0.2, 0.25) is 0 Å². The highest BCUT2D eigenvalue weighted by Gasteiger charge is 2.22. The van der Waals surface area contributed by atoms with Crippen LogP contribution in [0, 0.1) is 18.8 Å². The summed E-state index contributed by atoms with van der Waals surface area (Å²) in [6.07, 6.45) is 1.82. The molecule has 0 bridgehead atoms. The number of hydrogen-bond acceptors (Lipinski definition) is 4. The van der Waals surface area contributed by atoms with Crippen LogP contribution in [-0.2, 0) is 4.79 Å². The molecule has 3 N–H and O–H groups in total. The van der Waals surface area contributed by atoms with Crippen molar-refractivity contribution in [2.75, 3.05) is 6.54 Å². The number of aromatic nitrogens is 1. The maximum Gasteiger partial charge on any atom is 0.225 e. The van der Waals surface area contributed by atoms with E-state index < -0.39 is 0 Å². The van der Waals surface area contributed by atoms with Crippen molar-refractivity contribution in [3.63, 3.8) is 0 Å². The zero-order valence-corrected chi connectivity index (χ0v) is 11.7. The fourth-order valence-corrected chi connectivity index (χ4v) is 2.41. The first-order valence-corrected chi connectivity index (χ1v) is 6.70. The lowest BCUT2D eigenvalue weighted by atomic mass is 9.95. The molecule has 0 aliphatic carbocycles. The van der Waals surface area contributed by atoms with Crippen LogP contribution in [0.25, 0.3) is 0 Å². The number of thiazole rings is 1. The minimum Gasteiger partial charge on any atom is -0.347 e. The zero-order chi connectivity index (χ0) is 13.0. The van der Waals surface area contributed by atoms with E-state index >= 15 is 0 Å². The number of carbonyl (C=O) groups excluding carboxylic acids is 1. The predicted molar refractivity (Wildman–Crippen MR) is 70.8 cm³/mol. The van der Waals surface area contributed by atoms with Crippen LogP contribution in [0.5, 0.6) is 0 Å². The monoisotopic (exact) mass is 255 g/mol. The van der Waals surface area contributed by atoms with Gasteiger partial charge in [0.05, 0.1) is 12.0 Å². The summed E-state index contributed by atoms with van der Waals surface area (Å²) in [6.45, 7) is 8.36. The van der Waals surface area contributed by atoms with Crippen molar-refractivity contribution in [3.8, 4) is 0 Å². The van der Waals surface area contributed by atoms with Gasteiger partial charge in [-0.3, -0.25) is 4.79 Å². The summed E-state index contributed by atoms with van der Waals surface area (Å²) in [5.41, 5.74) is 5.62. The van der Waals surface area contributed by atoms with Crippen molar-refractivity contribution in [1.82, 2.24) is 10.3 Å². The van der Waals surface area contributed by atoms with E-state index in [1.807, 2.05) is 33.9 Å². The number of amides is 1. The molecule has 5 heteroatoms. The smallest absolute Gasteiger partial charge is 0.225 e. The van der Waals surface area contributed by atoms with Crippen LogP contribution in [0.15, 0.2) is 6.20 Å². The molecule has 2 unspecified atom stereocenters. The molecule has 1 amide bonds. The van der Waals surface area contributed by atoms with Gasteiger partial charge in [0.25, 0.3) is 0 Å². The molecule has 0 spiro atoms. The third-order valence-corrected chi connectivity index (χ3v) is 3.86. The van der Waals surface area contributed by atoms with Gasteiger partial charge < -0.3 is 11.1 Å². The van der Waals surface area contributed by atoms with Crippen LogP contribution in [0.1, 0.15) is 36.7 Å². The van der Waals surface area contributed by atoms with Crippen LogP contribution in [0.4, 0.5) is 0 Å². The molecule has 96 valence electrons. The van der Waals surface area contributed by atoms with Crippen molar-refractivity contribution >= 4 is 17.2 Å². The highest BCUT2D eigenvalue weighted by molar-refractivity contribution is 7.11. The molecule has 0 saturated heterocycles. The summed E-state index contributed by atoms with van der Waals surface area (Å²) < 4.78 is 0. The Balaban J connectivity index is 2.62. The Kier molecular flexibility index (Phi) is 5.08. The van der Waals surface area contributed by atoms with E-state index in [4.69, 9.17) is 5.73 Å². The zero-order valence-electron chi connectivity index (χ0n) is 10.9. The molecule has 1 aromatic heterocycles. The Morgan fingerprint density at radius 2 is 2.18 bits per heavy atom.